The maximum atomic E-state index is 12.6. The smallest absolute Gasteiger partial charge is 0.229 e. The number of carbonyl (C=O) groups is 1. The number of hydrogen-bond donors (Lipinski definition) is 1. The predicted octanol–water partition coefficient (Wildman–Crippen LogP) is 0.965. The zero-order chi connectivity index (χ0) is 13.2. The van der Waals surface area contributed by atoms with Crippen molar-refractivity contribution in [2.75, 3.05) is 38.6 Å². The minimum Gasteiger partial charge on any atom is -0.379 e. The molecule has 0 spiro atoms. The Morgan fingerprint density at radius 3 is 2.94 bits per heavy atom. The van der Waals surface area contributed by atoms with Gasteiger partial charge in [0.25, 0.3) is 0 Å². The van der Waals surface area contributed by atoms with Gasteiger partial charge >= 0.3 is 0 Å². The number of ether oxygens (including phenoxy) is 1. The van der Waals surface area contributed by atoms with Crippen molar-refractivity contribution in [3.63, 3.8) is 0 Å². The molecule has 18 heavy (non-hydrogen) atoms. The van der Waals surface area contributed by atoms with Crippen LogP contribution in [0, 0.1) is 5.92 Å². The highest BCUT2D eigenvalue weighted by Crippen LogP contribution is 2.31. The summed E-state index contributed by atoms with van der Waals surface area (Å²) in [5, 5.41) is 3.36. The molecule has 0 aromatic heterocycles. The third kappa shape index (κ3) is 3.19. The molecule has 2 heterocycles. The summed E-state index contributed by atoms with van der Waals surface area (Å²) in [6.45, 7) is 10.3. The first-order valence-corrected chi connectivity index (χ1v) is 7.76. The van der Waals surface area contributed by atoms with E-state index in [9.17, 15) is 4.79 Å². The van der Waals surface area contributed by atoms with Crippen LogP contribution in [0.25, 0.3) is 0 Å². The molecule has 2 rings (SSSR count). The Morgan fingerprint density at radius 1 is 1.50 bits per heavy atom. The first kappa shape index (κ1) is 14.2. The van der Waals surface area contributed by atoms with Gasteiger partial charge in [-0.25, -0.2) is 0 Å². The molecular formula is C13H24N2O2S. The van der Waals surface area contributed by atoms with E-state index < -0.39 is 0 Å². The predicted molar refractivity (Wildman–Crippen MR) is 74.9 cm³/mol. The third-order valence-electron chi connectivity index (χ3n) is 3.60. The fraction of sp³-hybridized carbons (Fsp3) is 0.923. The molecule has 5 heteroatoms. The number of amides is 1. The van der Waals surface area contributed by atoms with E-state index >= 15 is 0 Å². The Kier molecular flexibility index (Phi) is 4.56. The van der Waals surface area contributed by atoms with Gasteiger partial charge in [-0.05, 0) is 20.4 Å². The van der Waals surface area contributed by atoms with Crippen LogP contribution in [0.4, 0.5) is 0 Å². The number of rotatable bonds is 3. The molecule has 2 aliphatic rings. The number of nitrogens with one attached hydrogen (secondary N) is 1. The summed E-state index contributed by atoms with van der Waals surface area (Å²) in [5.74, 6) is 1.31. The van der Waals surface area contributed by atoms with E-state index in [0.29, 0.717) is 13.2 Å². The molecule has 2 saturated heterocycles. The first-order valence-electron chi connectivity index (χ1n) is 6.77. The Labute approximate surface area is 114 Å². The van der Waals surface area contributed by atoms with Crippen molar-refractivity contribution in [1.29, 1.82) is 0 Å². The Balaban J connectivity index is 1.97. The van der Waals surface area contributed by atoms with Crippen LogP contribution >= 0.6 is 11.8 Å². The van der Waals surface area contributed by atoms with Gasteiger partial charge in [0.15, 0.2) is 0 Å². The molecule has 0 aromatic rings. The first-order chi connectivity index (χ1) is 8.53. The molecule has 1 N–H and O–H groups in total. The van der Waals surface area contributed by atoms with Crippen molar-refractivity contribution in [3.8, 4) is 0 Å². The minimum atomic E-state index is 0.00356. The molecule has 0 aliphatic carbocycles. The molecule has 2 atom stereocenters. The second-order valence-electron chi connectivity index (χ2n) is 5.68. The number of nitrogens with zero attached hydrogens (tertiary/aromatic N) is 1. The molecule has 0 aromatic carbocycles. The standard InChI is InChI=1S/C13H24N2O2S/c1-4-14-11-8-17-7-10(11)12(16)15-5-6-18-13(2,3)9-15/h10-11,14H,4-9H2,1-3H3. The van der Waals surface area contributed by atoms with E-state index in [-0.39, 0.29) is 22.6 Å². The third-order valence-corrected chi connectivity index (χ3v) is 4.90. The van der Waals surface area contributed by atoms with Crippen LogP contribution in [0.1, 0.15) is 20.8 Å². The van der Waals surface area contributed by atoms with Crippen molar-refractivity contribution < 1.29 is 9.53 Å². The van der Waals surface area contributed by atoms with E-state index in [1.54, 1.807) is 0 Å². The van der Waals surface area contributed by atoms with E-state index in [4.69, 9.17) is 4.74 Å². The summed E-state index contributed by atoms with van der Waals surface area (Å²) in [5.41, 5.74) is 0. The molecule has 104 valence electrons. The topological polar surface area (TPSA) is 41.6 Å². The normalized spacial score (nSPS) is 31.6. The van der Waals surface area contributed by atoms with Crippen molar-refractivity contribution in [3.05, 3.63) is 0 Å². The highest BCUT2D eigenvalue weighted by molar-refractivity contribution is 8.00. The van der Waals surface area contributed by atoms with E-state index in [0.717, 1.165) is 25.4 Å². The lowest BCUT2D eigenvalue weighted by Crippen LogP contribution is -2.51. The summed E-state index contributed by atoms with van der Waals surface area (Å²) in [7, 11) is 0. The van der Waals surface area contributed by atoms with Gasteiger partial charge in [-0.2, -0.15) is 11.8 Å². The summed E-state index contributed by atoms with van der Waals surface area (Å²) >= 11 is 1.95. The van der Waals surface area contributed by atoms with E-state index in [1.807, 2.05) is 16.7 Å². The lowest BCUT2D eigenvalue weighted by atomic mass is 10.0. The molecular weight excluding hydrogens is 248 g/mol. The lowest BCUT2D eigenvalue weighted by molar-refractivity contribution is -0.136. The maximum absolute atomic E-state index is 12.6. The lowest BCUT2D eigenvalue weighted by Gasteiger charge is -2.39. The maximum Gasteiger partial charge on any atom is 0.229 e. The minimum absolute atomic E-state index is 0.00356. The fourth-order valence-corrected chi connectivity index (χ4v) is 3.81. The van der Waals surface area contributed by atoms with Gasteiger partial charge in [0.1, 0.15) is 0 Å². The van der Waals surface area contributed by atoms with Crippen molar-refractivity contribution in [2.45, 2.75) is 31.6 Å². The molecule has 2 aliphatic heterocycles. The van der Waals surface area contributed by atoms with Crippen molar-refractivity contribution >= 4 is 17.7 Å². The Bertz CT molecular complexity index is 309. The average Bonchev–Trinajstić information content (AvgIpc) is 2.75. The summed E-state index contributed by atoms with van der Waals surface area (Å²) in [4.78, 5) is 14.6. The highest BCUT2D eigenvalue weighted by atomic mass is 32.2. The summed E-state index contributed by atoms with van der Waals surface area (Å²) in [6, 6.07) is 0.195. The van der Waals surface area contributed by atoms with Gasteiger partial charge in [-0.1, -0.05) is 6.92 Å². The molecule has 0 bridgehead atoms. The average molecular weight is 272 g/mol. The number of thioether (sulfide) groups is 1. The molecule has 2 unspecified atom stereocenters. The molecule has 4 nitrogen and oxygen atoms in total. The Hall–Kier alpha value is -0.260. The van der Waals surface area contributed by atoms with E-state index in [1.165, 1.54) is 0 Å². The molecule has 2 fully saturated rings. The van der Waals surface area contributed by atoms with Crippen LogP contribution < -0.4 is 5.32 Å². The van der Waals surface area contributed by atoms with Crippen molar-refractivity contribution in [1.82, 2.24) is 10.2 Å². The second-order valence-corrected chi connectivity index (χ2v) is 7.48. The SMILES string of the molecule is CCNC1COCC1C(=O)N1CCSC(C)(C)C1. The Morgan fingerprint density at radius 2 is 2.28 bits per heavy atom. The van der Waals surface area contributed by atoms with Gasteiger partial charge in [0.2, 0.25) is 5.91 Å². The molecule has 0 radical (unpaired) electrons. The van der Waals surface area contributed by atoms with Gasteiger partial charge < -0.3 is 15.0 Å². The van der Waals surface area contributed by atoms with Crippen LogP contribution in [-0.4, -0.2) is 60.2 Å². The summed E-state index contributed by atoms with van der Waals surface area (Å²) < 4.78 is 5.65. The van der Waals surface area contributed by atoms with Gasteiger partial charge in [0.05, 0.1) is 19.1 Å². The van der Waals surface area contributed by atoms with Crippen LogP contribution in [0.5, 0.6) is 0 Å². The largest absolute Gasteiger partial charge is 0.379 e. The van der Waals surface area contributed by atoms with Gasteiger partial charge in [-0.15, -0.1) is 0 Å². The second kappa shape index (κ2) is 5.80. The zero-order valence-corrected chi connectivity index (χ0v) is 12.4. The van der Waals surface area contributed by atoms with Gasteiger partial charge in [-0.3, -0.25) is 4.79 Å². The molecule has 1 amide bonds. The van der Waals surface area contributed by atoms with Crippen LogP contribution in [0.15, 0.2) is 0 Å². The van der Waals surface area contributed by atoms with Gasteiger partial charge in [0, 0.05) is 29.6 Å². The zero-order valence-electron chi connectivity index (χ0n) is 11.6. The van der Waals surface area contributed by atoms with Crippen molar-refractivity contribution in [2.24, 2.45) is 5.92 Å². The number of likely N-dealkylation sites (N-methyl/N-ethyl adjacent to an activating group) is 1. The monoisotopic (exact) mass is 272 g/mol. The number of carbonyl (C=O) groups excluding carboxylic acids is 1. The highest BCUT2D eigenvalue weighted by Gasteiger charge is 2.38. The van der Waals surface area contributed by atoms with Crippen LogP contribution in [0.2, 0.25) is 0 Å². The van der Waals surface area contributed by atoms with Crippen LogP contribution in [-0.2, 0) is 9.53 Å². The molecule has 0 saturated carbocycles. The van der Waals surface area contributed by atoms with E-state index in [2.05, 4.69) is 26.1 Å². The number of hydrogen-bond acceptors (Lipinski definition) is 4. The quantitative estimate of drug-likeness (QED) is 0.831. The fourth-order valence-electron chi connectivity index (χ4n) is 2.70. The summed E-state index contributed by atoms with van der Waals surface area (Å²) in [6.07, 6.45) is 0. The van der Waals surface area contributed by atoms with Crippen LogP contribution in [0.3, 0.4) is 0 Å².